The van der Waals surface area contributed by atoms with Gasteiger partial charge in [0.1, 0.15) is 35.5 Å². The second kappa shape index (κ2) is 10.3. The predicted octanol–water partition coefficient (Wildman–Crippen LogP) is 4.94. The van der Waals surface area contributed by atoms with E-state index in [4.69, 9.17) is 26.2 Å². The summed E-state index contributed by atoms with van der Waals surface area (Å²) in [5.74, 6) is -2.91. The summed E-state index contributed by atoms with van der Waals surface area (Å²) in [6.07, 6.45) is 0. The predicted molar refractivity (Wildman–Crippen MR) is 124 cm³/mol. The summed E-state index contributed by atoms with van der Waals surface area (Å²) in [6, 6.07) is 8.84. The van der Waals surface area contributed by atoms with Crippen LogP contribution in [-0.2, 0) is 14.8 Å². The maximum Gasteiger partial charge on any atom is 0.338 e. The van der Waals surface area contributed by atoms with Crippen LogP contribution in [0.4, 0.5) is 8.78 Å². The highest BCUT2D eigenvalue weighted by atomic mass is 79.9. The quantitative estimate of drug-likeness (QED) is 0.304. The fraction of sp³-hybridized carbons (Fsp3) is 0.136. The van der Waals surface area contributed by atoms with Gasteiger partial charge in [0.05, 0.1) is 10.6 Å². The van der Waals surface area contributed by atoms with Gasteiger partial charge in [-0.2, -0.15) is 0 Å². The molecule has 3 rings (SSSR count). The molecule has 0 saturated heterocycles. The largest absolute Gasteiger partial charge is 0.505 e. The molecule has 0 aliphatic carbocycles. The second-order valence-corrected chi connectivity index (χ2v) is 9.91. The van der Waals surface area contributed by atoms with E-state index >= 15 is 0 Å². The number of carbonyl (C=O) groups excluding carboxylic acids is 1. The number of aryl methyl sites for hydroxylation is 1. The van der Waals surface area contributed by atoms with Crippen molar-refractivity contribution in [2.45, 2.75) is 11.8 Å². The Balaban J connectivity index is 1.74. The Hall–Kier alpha value is -2.73. The van der Waals surface area contributed by atoms with Gasteiger partial charge in [-0.3, -0.25) is 0 Å². The van der Waals surface area contributed by atoms with E-state index in [1.54, 1.807) is 18.2 Å². The SMILES string of the molecule is Cc1cc(-c2cc(Br)ccc2OCCOC(=O)c2cc(Cl)c(O)c(S(N)(=O)=O)c2)c(F)cc1F. The lowest BCUT2D eigenvalue weighted by Crippen LogP contribution is -2.16. The van der Waals surface area contributed by atoms with Crippen molar-refractivity contribution >= 4 is 43.5 Å². The molecule has 0 amide bonds. The Kier molecular flexibility index (Phi) is 7.81. The van der Waals surface area contributed by atoms with Crippen molar-refractivity contribution in [3.8, 4) is 22.6 Å². The third-order valence-electron chi connectivity index (χ3n) is 4.62. The van der Waals surface area contributed by atoms with Gasteiger partial charge in [-0.05, 0) is 48.9 Å². The van der Waals surface area contributed by atoms with E-state index in [2.05, 4.69) is 15.9 Å². The van der Waals surface area contributed by atoms with Crippen LogP contribution in [0, 0.1) is 18.6 Å². The van der Waals surface area contributed by atoms with Crippen LogP contribution < -0.4 is 9.88 Å². The van der Waals surface area contributed by atoms with Gasteiger partial charge in [-0.25, -0.2) is 27.1 Å². The highest BCUT2D eigenvalue weighted by Gasteiger charge is 2.21. The number of esters is 1. The van der Waals surface area contributed by atoms with E-state index in [1.165, 1.54) is 13.0 Å². The topological polar surface area (TPSA) is 116 Å². The van der Waals surface area contributed by atoms with Crippen LogP contribution in [0.5, 0.6) is 11.5 Å². The van der Waals surface area contributed by atoms with Gasteiger partial charge in [0, 0.05) is 21.7 Å². The third kappa shape index (κ3) is 5.84. The summed E-state index contributed by atoms with van der Waals surface area (Å²) >= 11 is 9.08. The Morgan fingerprint density at radius 1 is 1.09 bits per heavy atom. The lowest BCUT2D eigenvalue weighted by Gasteiger charge is -2.14. The number of phenolic OH excluding ortho intramolecular Hbond substituents is 1. The standard InChI is InChI=1S/C22H17BrClF2NO6S/c1-11-6-14(18(26)10-17(11)25)15-9-13(23)2-3-19(15)32-4-5-33-22(29)12-7-16(24)21(28)20(8-12)34(27,30)31/h2-3,6-10,28H,4-5H2,1H3,(H2,27,30,31). The smallest absolute Gasteiger partial charge is 0.338 e. The first-order chi connectivity index (χ1) is 15.9. The highest BCUT2D eigenvalue weighted by molar-refractivity contribution is 9.10. The zero-order valence-electron chi connectivity index (χ0n) is 17.4. The number of halogens is 4. The number of rotatable bonds is 7. The van der Waals surface area contributed by atoms with Crippen molar-refractivity contribution in [1.82, 2.24) is 0 Å². The van der Waals surface area contributed by atoms with Gasteiger partial charge in [-0.15, -0.1) is 0 Å². The van der Waals surface area contributed by atoms with Crippen molar-refractivity contribution in [2.24, 2.45) is 5.14 Å². The zero-order chi connectivity index (χ0) is 25.2. The van der Waals surface area contributed by atoms with Crippen LogP contribution in [-0.4, -0.2) is 32.7 Å². The molecule has 3 aromatic carbocycles. The molecule has 0 aromatic heterocycles. The first-order valence-corrected chi connectivity index (χ1v) is 12.2. The van der Waals surface area contributed by atoms with E-state index in [9.17, 15) is 27.1 Å². The number of primary sulfonamides is 1. The maximum absolute atomic E-state index is 14.4. The lowest BCUT2D eigenvalue weighted by atomic mass is 10.0. The van der Waals surface area contributed by atoms with Crippen molar-refractivity contribution in [3.05, 3.63) is 74.7 Å². The number of hydrogen-bond donors (Lipinski definition) is 2. The molecule has 0 saturated carbocycles. The Morgan fingerprint density at radius 2 is 1.79 bits per heavy atom. The highest BCUT2D eigenvalue weighted by Crippen LogP contribution is 2.36. The summed E-state index contributed by atoms with van der Waals surface area (Å²) in [5, 5.41) is 14.4. The van der Waals surface area contributed by atoms with E-state index in [1.807, 2.05) is 0 Å². The maximum atomic E-state index is 14.4. The van der Waals surface area contributed by atoms with Gasteiger partial charge in [0.2, 0.25) is 10.0 Å². The van der Waals surface area contributed by atoms with Crippen LogP contribution in [0.3, 0.4) is 0 Å². The minimum atomic E-state index is -4.34. The fourth-order valence-corrected chi connectivity index (χ4v) is 4.29. The molecule has 12 heteroatoms. The summed E-state index contributed by atoms with van der Waals surface area (Å²) in [6.45, 7) is 1.10. The molecular weight excluding hydrogens is 560 g/mol. The summed E-state index contributed by atoms with van der Waals surface area (Å²) in [7, 11) is -4.34. The first-order valence-electron chi connectivity index (χ1n) is 9.49. The zero-order valence-corrected chi connectivity index (χ0v) is 20.6. The molecule has 3 aromatic rings. The number of sulfonamides is 1. The molecule has 180 valence electrons. The Labute approximate surface area is 207 Å². The number of ether oxygens (including phenoxy) is 2. The van der Waals surface area contributed by atoms with Crippen molar-refractivity contribution in [2.75, 3.05) is 13.2 Å². The molecule has 7 nitrogen and oxygen atoms in total. The number of carbonyl (C=O) groups is 1. The van der Waals surface area contributed by atoms with Gasteiger partial charge in [0.25, 0.3) is 0 Å². The molecule has 0 aliphatic heterocycles. The van der Waals surface area contributed by atoms with Gasteiger partial charge in [-0.1, -0.05) is 27.5 Å². The normalized spacial score (nSPS) is 11.4. The molecule has 0 heterocycles. The average Bonchev–Trinajstić information content (AvgIpc) is 2.75. The molecule has 34 heavy (non-hydrogen) atoms. The minimum absolute atomic E-state index is 0.126. The van der Waals surface area contributed by atoms with Crippen molar-refractivity contribution < 1.29 is 36.6 Å². The fourth-order valence-electron chi connectivity index (χ4n) is 2.98. The Bertz CT molecular complexity index is 1380. The monoisotopic (exact) mass is 575 g/mol. The third-order valence-corrected chi connectivity index (χ3v) is 6.33. The van der Waals surface area contributed by atoms with Crippen LogP contribution in [0.15, 0.2) is 51.8 Å². The van der Waals surface area contributed by atoms with E-state index in [0.717, 1.165) is 18.2 Å². The molecule has 3 N–H and O–H groups in total. The number of benzene rings is 3. The average molecular weight is 577 g/mol. The molecular formula is C22H17BrClF2NO6S. The number of nitrogens with two attached hydrogens (primary N) is 1. The second-order valence-electron chi connectivity index (χ2n) is 7.06. The van der Waals surface area contributed by atoms with Crippen molar-refractivity contribution in [1.29, 1.82) is 0 Å². The van der Waals surface area contributed by atoms with Crippen LogP contribution >= 0.6 is 27.5 Å². The summed E-state index contributed by atoms with van der Waals surface area (Å²) in [5.41, 5.74) is 0.480. The summed E-state index contributed by atoms with van der Waals surface area (Å²) in [4.78, 5) is 11.6. The molecule has 0 fully saturated rings. The van der Waals surface area contributed by atoms with Crippen molar-refractivity contribution in [3.63, 3.8) is 0 Å². The minimum Gasteiger partial charge on any atom is -0.505 e. The Morgan fingerprint density at radius 3 is 2.47 bits per heavy atom. The molecule has 0 spiro atoms. The number of phenols is 1. The van der Waals surface area contributed by atoms with E-state index in [-0.39, 0.29) is 35.7 Å². The molecule has 0 radical (unpaired) electrons. The van der Waals surface area contributed by atoms with E-state index in [0.29, 0.717) is 10.0 Å². The molecule has 0 atom stereocenters. The van der Waals surface area contributed by atoms with Crippen LogP contribution in [0.2, 0.25) is 5.02 Å². The lowest BCUT2D eigenvalue weighted by molar-refractivity contribution is 0.0450. The first kappa shape index (κ1) is 25.9. The van der Waals surface area contributed by atoms with Gasteiger partial charge in [0.15, 0.2) is 5.75 Å². The van der Waals surface area contributed by atoms with Crippen LogP contribution in [0.1, 0.15) is 15.9 Å². The molecule has 0 aliphatic rings. The van der Waals surface area contributed by atoms with Gasteiger partial charge >= 0.3 is 5.97 Å². The molecule has 0 bridgehead atoms. The molecule has 0 unspecified atom stereocenters. The number of aromatic hydroxyl groups is 1. The van der Waals surface area contributed by atoms with Gasteiger partial charge < -0.3 is 14.6 Å². The summed E-state index contributed by atoms with van der Waals surface area (Å²) < 4.78 is 62.6. The van der Waals surface area contributed by atoms with E-state index < -0.39 is 43.3 Å². The van der Waals surface area contributed by atoms with Crippen LogP contribution in [0.25, 0.3) is 11.1 Å². The number of hydrogen-bond acceptors (Lipinski definition) is 6.